The standard InChI is InChI=1S/C23H17Br2FN2O4/c1-14-4-2-7-19(8-14)31-13-21(29)28-27-12-16-9-17(24)11-20(25)22(16)32-23(30)15-5-3-6-18(26)10-15/h2-12H,13H2,1H3,(H,28,29)/b27-12+. The number of hydrogen-bond donors (Lipinski definition) is 1. The quantitative estimate of drug-likeness (QED) is 0.180. The molecule has 6 nitrogen and oxygen atoms in total. The van der Waals surface area contributed by atoms with Crippen LogP contribution in [-0.2, 0) is 4.79 Å². The molecule has 1 N–H and O–H groups in total. The topological polar surface area (TPSA) is 77.0 Å². The van der Waals surface area contributed by atoms with Gasteiger partial charge in [-0.1, -0.05) is 34.1 Å². The summed E-state index contributed by atoms with van der Waals surface area (Å²) in [4.78, 5) is 24.4. The van der Waals surface area contributed by atoms with Crippen LogP contribution in [0.5, 0.6) is 11.5 Å². The molecule has 32 heavy (non-hydrogen) atoms. The van der Waals surface area contributed by atoms with E-state index in [0.717, 1.165) is 11.6 Å². The van der Waals surface area contributed by atoms with Crippen molar-refractivity contribution in [3.8, 4) is 11.5 Å². The van der Waals surface area contributed by atoms with Crippen LogP contribution >= 0.6 is 31.9 Å². The first-order chi connectivity index (χ1) is 15.3. The van der Waals surface area contributed by atoms with Gasteiger partial charge < -0.3 is 9.47 Å². The lowest BCUT2D eigenvalue weighted by Gasteiger charge is -2.11. The zero-order chi connectivity index (χ0) is 23.1. The smallest absolute Gasteiger partial charge is 0.343 e. The summed E-state index contributed by atoms with van der Waals surface area (Å²) in [6, 6.07) is 15.8. The number of hydrogen-bond acceptors (Lipinski definition) is 5. The van der Waals surface area contributed by atoms with Crippen molar-refractivity contribution < 1.29 is 23.5 Å². The van der Waals surface area contributed by atoms with Crippen LogP contribution in [0.2, 0.25) is 0 Å². The van der Waals surface area contributed by atoms with E-state index in [1.54, 1.807) is 18.2 Å². The summed E-state index contributed by atoms with van der Waals surface area (Å²) in [5.41, 5.74) is 3.83. The highest BCUT2D eigenvalue weighted by Gasteiger charge is 2.16. The number of hydrazone groups is 1. The number of carbonyl (C=O) groups is 2. The second-order valence-electron chi connectivity index (χ2n) is 6.60. The number of carbonyl (C=O) groups excluding carboxylic acids is 2. The zero-order valence-electron chi connectivity index (χ0n) is 16.8. The van der Waals surface area contributed by atoms with Crippen LogP contribution in [-0.4, -0.2) is 24.7 Å². The van der Waals surface area contributed by atoms with Crippen molar-refractivity contribution in [2.75, 3.05) is 6.61 Å². The average Bonchev–Trinajstić information content (AvgIpc) is 2.74. The van der Waals surface area contributed by atoms with E-state index >= 15 is 0 Å². The fraction of sp³-hybridized carbons (Fsp3) is 0.0870. The third-order valence-corrected chi connectivity index (χ3v) is 5.09. The Morgan fingerprint density at radius 1 is 1.09 bits per heavy atom. The first kappa shape index (κ1) is 23.6. The number of amides is 1. The fourth-order valence-electron chi connectivity index (χ4n) is 2.61. The maximum atomic E-state index is 13.4. The van der Waals surface area contributed by atoms with E-state index in [1.165, 1.54) is 24.4 Å². The van der Waals surface area contributed by atoms with Gasteiger partial charge in [-0.15, -0.1) is 0 Å². The van der Waals surface area contributed by atoms with E-state index in [-0.39, 0.29) is 17.9 Å². The van der Waals surface area contributed by atoms with Crippen LogP contribution in [0.4, 0.5) is 4.39 Å². The third kappa shape index (κ3) is 6.73. The van der Waals surface area contributed by atoms with Gasteiger partial charge in [-0.3, -0.25) is 4.79 Å². The van der Waals surface area contributed by atoms with Crippen LogP contribution < -0.4 is 14.9 Å². The summed E-state index contributed by atoms with van der Waals surface area (Å²) in [6.45, 7) is 1.70. The van der Waals surface area contributed by atoms with Crippen molar-refractivity contribution in [1.29, 1.82) is 0 Å². The van der Waals surface area contributed by atoms with Gasteiger partial charge in [0.1, 0.15) is 11.6 Å². The molecule has 0 atom stereocenters. The molecule has 3 rings (SSSR count). The van der Waals surface area contributed by atoms with E-state index in [0.29, 0.717) is 20.3 Å². The lowest BCUT2D eigenvalue weighted by atomic mass is 10.2. The Morgan fingerprint density at radius 3 is 2.62 bits per heavy atom. The monoisotopic (exact) mass is 562 g/mol. The molecule has 3 aromatic rings. The SMILES string of the molecule is Cc1cccc(OCC(=O)N/N=C/c2cc(Br)cc(Br)c2OC(=O)c2cccc(F)c2)c1. The van der Waals surface area contributed by atoms with Crippen LogP contribution in [0.15, 0.2) is 74.7 Å². The molecule has 0 radical (unpaired) electrons. The molecule has 0 aromatic heterocycles. The molecular formula is C23H17Br2FN2O4. The summed E-state index contributed by atoms with van der Waals surface area (Å²) in [7, 11) is 0. The maximum absolute atomic E-state index is 13.4. The van der Waals surface area contributed by atoms with Crippen molar-refractivity contribution in [1.82, 2.24) is 5.43 Å². The number of aryl methyl sites for hydroxylation is 1. The lowest BCUT2D eigenvalue weighted by Crippen LogP contribution is -2.24. The number of benzene rings is 3. The highest BCUT2D eigenvalue weighted by Crippen LogP contribution is 2.32. The van der Waals surface area contributed by atoms with Gasteiger partial charge in [0.25, 0.3) is 5.91 Å². The minimum atomic E-state index is -0.738. The Labute approximate surface area is 200 Å². The van der Waals surface area contributed by atoms with Crippen LogP contribution in [0.1, 0.15) is 21.5 Å². The second kappa shape index (κ2) is 11.0. The largest absolute Gasteiger partial charge is 0.484 e. The van der Waals surface area contributed by atoms with Crippen LogP contribution in [0.3, 0.4) is 0 Å². The van der Waals surface area contributed by atoms with Crippen LogP contribution in [0, 0.1) is 12.7 Å². The van der Waals surface area contributed by atoms with E-state index in [9.17, 15) is 14.0 Å². The van der Waals surface area contributed by atoms with Crippen molar-refractivity contribution in [2.24, 2.45) is 5.10 Å². The molecule has 0 saturated carbocycles. The molecule has 0 aliphatic heterocycles. The minimum Gasteiger partial charge on any atom is -0.484 e. The molecule has 0 spiro atoms. The number of nitrogens with zero attached hydrogens (tertiary/aromatic N) is 1. The average molecular weight is 564 g/mol. The van der Waals surface area contributed by atoms with Gasteiger partial charge in [-0.25, -0.2) is 14.6 Å². The predicted octanol–water partition coefficient (Wildman–Crippen LogP) is 5.41. The molecule has 0 fully saturated rings. The summed E-state index contributed by atoms with van der Waals surface area (Å²) < 4.78 is 25.4. The minimum absolute atomic E-state index is 0.0595. The van der Waals surface area contributed by atoms with Gasteiger partial charge in [0, 0.05) is 10.0 Å². The Hall–Kier alpha value is -3.04. The number of rotatable bonds is 7. The summed E-state index contributed by atoms with van der Waals surface area (Å²) in [5.74, 6) is -1.01. The Kier molecular flexibility index (Phi) is 8.13. The fourth-order valence-corrected chi connectivity index (χ4v) is 3.95. The molecule has 0 unspecified atom stereocenters. The van der Waals surface area contributed by atoms with Gasteiger partial charge in [0.15, 0.2) is 12.4 Å². The van der Waals surface area contributed by atoms with Crippen molar-refractivity contribution in [2.45, 2.75) is 6.92 Å². The Morgan fingerprint density at radius 2 is 1.88 bits per heavy atom. The highest BCUT2D eigenvalue weighted by molar-refractivity contribution is 9.11. The van der Waals surface area contributed by atoms with Gasteiger partial charge in [-0.05, 0) is 70.9 Å². The molecular weight excluding hydrogens is 547 g/mol. The van der Waals surface area contributed by atoms with Crippen molar-refractivity contribution in [3.63, 3.8) is 0 Å². The van der Waals surface area contributed by atoms with E-state index in [1.807, 2.05) is 25.1 Å². The first-order valence-corrected chi connectivity index (χ1v) is 10.9. The van der Waals surface area contributed by atoms with Crippen molar-refractivity contribution in [3.05, 3.63) is 92.1 Å². The highest BCUT2D eigenvalue weighted by atomic mass is 79.9. The zero-order valence-corrected chi connectivity index (χ0v) is 19.9. The Balaban J connectivity index is 1.68. The Bertz CT molecular complexity index is 1180. The van der Waals surface area contributed by atoms with Gasteiger partial charge in [0.2, 0.25) is 0 Å². The number of ether oxygens (including phenoxy) is 2. The van der Waals surface area contributed by atoms with E-state index < -0.39 is 17.7 Å². The maximum Gasteiger partial charge on any atom is 0.343 e. The molecule has 164 valence electrons. The molecule has 3 aromatic carbocycles. The summed E-state index contributed by atoms with van der Waals surface area (Å²) >= 11 is 6.70. The van der Waals surface area contributed by atoms with Crippen LogP contribution in [0.25, 0.3) is 0 Å². The normalized spacial score (nSPS) is 10.8. The molecule has 1 amide bonds. The van der Waals surface area contributed by atoms with Gasteiger partial charge in [-0.2, -0.15) is 5.10 Å². The molecule has 0 heterocycles. The van der Waals surface area contributed by atoms with Gasteiger partial charge in [0.05, 0.1) is 16.3 Å². The summed E-state index contributed by atoms with van der Waals surface area (Å²) in [5, 5.41) is 3.91. The molecule has 0 saturated heterocycles. The predicted molar refractivity (Wildman–Crippen MR) is 126 cm³/mol. The molecule has 9 heteroatoms. The van der Waals surface area contributed by atoms with Crippen molar-refractivity contribution >= 4 is 50.0 Å². The lowest BCUT2D eigenvalue weighted by molar-refractivity contribution is -0.123. The number of halogens is 3. The van der Waals surface area contributed by atoms with Gasteiger partial charge >= 0.3 is 5.97 Å². The number of esters is 1. The van der Waals surface area contributed by atoms with E-state index in [2.05, 4.69) is 42.4 Å². The molecule has 0 aliphatic rings. The molecule has 0 bridgehead atoms. The summed E-state index contributed by atoms with van der Waals surface area (Å²) in [6.07, 6.45) is 1.33. The van der Waals surface area contributed by atoms with E-state index in [4.69, 9.17) is 9.47 Å². The molecule has 0 aliphatic carbocycles. The number of nitrogens with one attached hydrogen (secondary N) is 1. The second-order valence-corrected chi connectivity index (χ2v) is 8.37. The first-order valence-electron chi connectivity index (χ1n) is 9.30. The third-order valence-electron chi connectivity index (χ3n) is 4.04.